The molecule has 0 spiro atoms. The average Bonchev–Trinajstić information content (AvgIpc) is 3.43. The lowest BCUT2D eigenvalue weighted by molar-refractivity contribution is 0.631. The molecule has 0 saturated carbocycles. The molecular formula is C36H25NO. The van der Waals surface area contributed by atoms with Crippen LogP contribution in [0, 0.1) is 0 Å². The third-order valence-corrected chi connectivity index (χ3v) is 7.04. The monoisotopic (exact) mass is 487 g/mol. The zero-order chi connectivity index (χ0) is 25.3. The standard InChI is InChI=1S/C36H25NO/c1-2-11-26(12-3-1)29-16-10-17-31(23-29)37(32-22-21-27-13-4-5-14-28(27)24-32)34-19-8-7-18-33(34)36-25-30-15-6-9-20-35(30)38-36/h1-25H. The van der Waals surface area contributed by atoms with Crippen LogP contribution in [0.1, 0.15) is 0 Å². The first kappa shape index (κ1) is 22.1. The van der Waals surface area contributed by atoms with Gasteiger partial charge in [0, 0.05) is 22.3 Å². The summed E-state index contributed by atoms with van der Waals surface area (Å²) in [5.41, 5.74) is 7.55. The summed E-state index contributed by atoms with van der Waals surface area (Å²) in [6.45, 7) is 0. The van der Waals surface area contributed by atoms with Crippen molar-refractivity contribution in [3.63, 3.8) is 0 Å². The fraction of sp³-hybridized carbons (Fsp3) is 0. The summed E-state index contributed by atoms with van der Waals surface area (Å²) in [6.07, 6.45) is 0. The molecule has 0 atom stereocenters. The quantitative estimate of drug-likeness (QED) is 0.240. The van der Waals surface area contributed by atoms with Crippen LogP contribution in [0.3, 0.4) is 0 Å². The van der Waals surface area contributed by atoms with Gasteiger partial charge in [0.15, 0.2) is 0 Å². The van der Waals surface area contributed by atoms with Gasteiger partial charge >= 0.3 is 0 Å². The molecule has 0 aliphatic rings. The van der Waals surface area contributed by atoms with E-state index >= 15 is 0 Å². The number of nitrogens with zero attached hydrogens (tertiary/aromatic N) is 1. The highest BCUT2D eigenvalue weighted by atomic mass is 16.3. The van der Waals surface area contributed by atoms with Gasteiger partial charge in [-0.2, -0.15) is 0 Å². The van der Waals surface area contributed by atoms with Crippen LogP contribution in [-0.2, 0) is 0 Å². The Morgan fingerprint density at radius 1 is 0.421 bits per heavy atom. The Kier molecular flexibility index (Phi) is 5.49. The summed E-state index contributed by atoms with van der Waals surface area (Å²) >= 11 is 0. The maximum absolute atomic E-state index is 6.35. The molecule has 0 radical (unpaired) electrons. The molecule has 7 aromatic rings. The third kappa shape index (κ3) is 4.03. The van der Waals surface area contributed by atoms with Gasteiger partial charge in [0.1, 0.15) is 11.3 Å². The smallest absolute Gasteiger partial charge is 0.137 e. The molecule has 1 heterocycles. The third-order valence-electron chi connectivity index (χ3n) is 7.04. The van der Waals surface area contributed by atoms with E-state index in [2.05, 4.69) is 138 Å². The Balaban J connectivity index is 1.45. The number of furan rings is 1. The molecule has 2 heteroatoms. The number of fused-ring (bicyclic) bond motifs is 2. The van der Waals surface area contributed by atoms with Crippen LogP contribution in [0.5, 0.6) is 0 Å². The Hall–Kier alpha value is -5.08. The van der Waals surface area contributed by atoms with Crippen molar-refractivity contribution >= 4 is 38.8 Å². The molecule has 0 unspecified atom stereocenters. The molecule has 0 amide bonds. The molecule has 2 nitrogen and oxygen atoms in total. The lowest BCUT2D eigenvalue weighted by Crippen LogP contribution is -2.11. The summed E-state index contributed by atoms with van der Waals surface area (Å²) in [4.78, 5) is 2.33. The highest BCUT2D eigenvalue weighted by Gasteiger charge is 2.19. The first-order valence-electron chi connectivity index (χ1n) is 12.9. The predicted octanol–water partition coefficient (Wildman–Crippen LogP) is 10.4. The summed E-state index contributed by atoms with van der Waals surface area (Å²) in [5, 5.41) is 3.52. The van der Waals surface area contributed by atoms with Crippen LogP contribution < -0.4 is 4.90 Å². The van der Waals surface area contributed by atoms with Gasteiger partial charge in [0.2, 0.25) is 0 Å². The first-order chi connectivity index (χ1) is 18.8. The SMILES string of the molecule is c1ccc(-c2cccc(N(c3ccc4ccccc4c3)c3ccccc3-c3cc4ccccc4o3)c2)cc1. The number of hydrogen-bond acceptors (Lipinski definition) is 2. The van der Waals surface area contributed by atoms with E-state index in [9.17, 15) is 0 Å². The van der Waals surface area contributed by atoms with E-state index < -0.39 is 0 Å². The first-order valence-corrected chi connectivity index (χ1v) is 12.9. The van der Waals surface area contributed by atoms with Crippen LogP contribution in [0.4, 0.5) is 17.1 Å². The van der Waals surface area contributed by atoms with Crippen molar-refractivity contribution in [2.45, 2.75) is 0 Å². The summed E-state index contributed by atoms with van der Waals surface area (Å²) in [5.74, 6) is 0.854. The van der Waals surface area contributed by atoms with Crippen molar-refractivity contribution in [1.29, 1.82) is 0 Å². The maximum Gasteiger partial charge on any atom is 0.137 e. The minimum atomic E-state index is 0.854. The second kappa shape index (κ2) is 9.42. The molecule has 0 aliphatic heterocycles. The number of rotatable bonds is 5. The fourth-order valence-corrected chi connectivity index (χ4v) is 5.19. The fourth-order valence-electron chi connectivity index (χ4n) is 5.19. The Bertz CT molecular complexity index is 1850. The average molecular weight is 488 g/mol. The highest BCUT2D eigenvalue weighted by molar-refractivity contribution is 5.94. The van der Waals surface area contributed by atoms with Crippen LogP contribution in [-0.4, -0.2) is 0 Å². The summed E-state index contributed by atoms with van der Waals surface area (Å²) < 4.78 is 6.35. The van der Waals surface area contributed by atoms with Gasteiger partial charge in [0.05, 0.1) is 5.69 Å². The molecule has 38 heavy (non-hydrogen) atoms. The molecule has 1 aromatic heterocycles. The van der Waals surface area contributed by atoms with E-state index in [1.165, 1.54) is 21.9 Å². The van der Waals surface area contributed by atoms with Crippen LogP contribution in [0.15, 0.2) is 156 Å². The van der Waals surface area contributed by atoms with E-state index in [-0.39, 0.29) is 0 Å². The van der Waals surface area contributed by atoms with Gasteiger partial charge < -0.3 is 9.32 Å². The van der Waals surface area contributed by atoms with E-state index in [1.807, 2.05) is 18.2 Å². The molecule has 180 valence electrons. The Morgan fingerprint density at radius 2 is 1.11 bits per heavy atom. The van der Waals surface area contributed by atoms with E-state index in [1.54, 1.807) is 0 Å². The van der Waals surface area contributed by atoms with Gasteiger partial charge in [-0.25, -0.2) is 0 Å². The van der Waals surface area contributed by atoms with Crippen molar-refractivity contribution in [3.8, 4) is 22.5 Å². The maximum atomic E-state index is 6.35. The molecule has 6 aromatic carbocycles. The predicted molar refractivity (Wildman–Crippen MR) is 159 cm³/mol. The van der Waals surface area contributed by atoms with Gasteiger partial charge in [0.25, 0.3) is 0 Å². The number of hydrogen-bond donors (Lipinski definition) is 0. The second-order valence-corrected chi connectivity index (χ2v) is 9.45. The van der Waals surface area contributed by atoms with Crippen molar-refractivity contribution in [1.82, 2.24) is 0 Å². The minimum absolute atomic E-state index is 0.854. The minimum Gasteiger partial charge on any atom is -0.456 e. The van der Waals surface area contributed by atoms with Gasteiger partial charge in [-0.05, 0) is 70.4 Å². The van der Waals surface area contributed by atoms with Crippen molar-refractivity contribution < 1.29 is 4.42 Å². The van der Waals surface area contributed by atoms with Gasteiger partial charge in [-0.15, -0.1) is 0 Å². The lowest BCUT2D eigenvalue weighted by atomic mass is 10.0. The zero-order valence-corrected chi connectivity index (χ0v) is 20.8. The number of benzene rings is 6. The Morgan fingerprint density at radius 3 is 1.97 bits per heavy atom. The zero-order valence-electron chi connectivity index (χ0n) is 20.8. The lowest BCUT2D eigenvalue weighted by Gasteiger charge is -2.28. The molecule has 0 aliphatic carbocycles. The van der Waals surface area contributed by atoms with E-state index in [0.29, 0.717) is 0 Å². The summed E-state index contributed by atoms with van der Waals surface area (Å²) in [6, 6.07) is 53.2. The normalized spacial score (nSPS) is 11.2. The van der Waals surface area contributed by atoms with Crippen molar-refractivity contribution in [2.75, 3.05) is 4.90 Å². The molecular weight excluding hydrogens is 462 g/mol. The number of para-hydroxylation sites is 2. The molecule has 0 bridgehead atoms. The van der Waals surface area contributed by atoms with Crippen LogP contribution >= 0.6 is 0 Å². The molecule has 0 saturated heterocycles. The molecule has 0 N–H and O–H groups in total. The Labute approximate surface area is 222 Å². The van der Waals surface area contributed by atoms with Gasteiger partial charge in [-0.3, -0.25) is 0 Å². The van der Waals surface area contributed by atoms with Crippen molar-refractivity contribution in [3.05, 3.63) is 152 Å². The topological polar surface area (TPSA) is 16.4 Å². The summed E-state index contributed by atoms with van der Waals surface area (Å²) in [7, 11) is 0. The van der Waals surface area contributed by atoms with Crippen LogP contribution in [0.25, 0.3) is 44.2 Å². The number of anilines is 3. The highest BCUT2D eigenvalue weighted by Crippen LogP contribution is 2.43. The molecule has 0 fully saturated rings. The second-order valence-electron chi connectivity index (χ2n) is 9.45. The van der Waals surface area contributed by atoms with Gasteiger partial charge in [-0.1, -0.05) is 103 Å². The van der Waals surface area contributed by atoms with E-state index in [0.717, 1.165) is 39.4 Å². The van der Waals surface area contributed by atoms with E-state index in [4.69, 9.17) is 4.42 Å². The van der Waals surface area contributed by atoms with Crippen LogP contribution in [0.2, 0.25) is 0 Å². The molecule has 7 rings (SSSR count). The van der Waals surface area contributed by atoms with Crippen molar-refractivity contribution in [2.24, 2.45) is 0 Å². The largest absolute Gasteiger partial charge is 0.456 e.